The number of hydrogen-bond acceptors (Lipinski definition) is 2. The molecule has 0 aromatic heterocycles. The first-order chi connectivity index (χ1) is 16.3. The van der Waals surface area contributed by atoms with Crippen LogP contribution in [0.1, 0.15) is 63.5 Å². The van der Waals surface area contributed by atoms with Gasteiger partial charge in [0.05, 0.1) is 6.10 Å². The molecule has 34 heavy (non-hydrogen) atoms. The SMILES string of the molecule is CC(C)[C@@H]1CC[C@@H](C)C[C@H]1OC(C(=O)O)C1c2c(ccc3cc4ccccc4cc23)CCC1Br. The van der Waals surface area contributed by atoms with Crippen LogP contribution in [0.3, 0.4) is 0 Å². The standard InChI is InChI=1S/C30H35BrO3/c1-17(2)23-12-8-18(3)14-26(23)34-29(30(32)33)28-25(31)13-11-19-9-10-22-15-20-6-4-5-7-21(20)16-24(22)27(19)28/h4-7,9-10,15-18,23,25-26,28-29H,8,11-14H2,1-3H3,(H,32,33)/t18-,23+,25?,26-,28?,29?/m1/s1. The summed E-state index contributed by atoms with van der Waals surface area (Å²) in [7, 11) is 0. The fourth-order valence-corrected chi connectivity index (χ4v) is 7.22. The minimum absolute atomic E-state index is 0.00858. The van der Waals surface area contributed by atoms with Gasteiger partial charge in [-0.1, -0.05) is 79.5 Å². The molecule has 0 bridgehead atoms. The molecule has 3 aromatic rings. The predicted molar refractivity (Wildman–Crippen MR) is 143 cm³/mol. The lowest BCUT2D eigenvalue weighted by molar-refractivity contribution is -0.163. The van der Waals surface area contributed by atoms with Gasteiger partial charge in [-0.25, -0.2) is 4.79 Å². The number of alkyl halides is 1. The van der Waals surface area contributed by atoms with Gasteiger partial charge >= 0.3 is 5.97 Å². The Balaban J connectivity index is 1.61. The van der Waals surface area contributed by atoms with Gasteiger partial charge < -0.3 is 9.84 Å². The van der Waals surface area contributed by atoms with E-state index < -0.39 is 12.1 Å². The van der Waals surface area contributed by atoms with Crippen molar-refractivity contribution >= 4 is 43.4 Å². The quantitative estimate of drug-likeness (QED) is 0.275. The molecule has 0 amide bonds. The topological polar surface area (TPSA) is 46.5 Å². The van der Waals surface area contributed by atoms with Crippen LogP contribution in [-0.4, -0.2) is 28.1 Å². The minimum Gasteiger partial charge on any atom is -0.479 e. The molecule has 1 saturated carbocycles. The average molecular weight is 524 g/mol. The summed E-state index contributed by atoms with van der Waals surface area (Å²) in [6.07, 6.45) is 4.25. The molecular formula is C30H35BrO3. The van der Waals surface area contributed by atoms with Crippen LogP contribution < -0.4 is 0 Å². The number of benzene rings is 3. The zero-order valence-corrected chi connectivity index (χ0v) is 21.9. The second-order valence-corrected chi connectivity index (χ2v) is 12.1. The van der Waals surface area contributed by atoms with Gasteiger partial charge in [-0.2, -0.15) is 0 Å². The highest BCUT2D eigenvalue weighted by Crippen LogP contribution is 2.45. The lowest BCUT2D eigenvalue weighted by Crippen LogP contribution is -2.44. The molecule has 180 valence electrons. The molecule has 1 fully saturated rings. The highest BCUT2D eigenvalue weighted by molar-refractivity contribution is 9.09. The van der Waals surface area contributed by atoms with Gasteiger partial charge in [0.1, 0.15) is 0 Å². The van der Waals surface area contributed by atoms with E-state index >= 15 is 0 Å². The summed E-state index contributed by atoms with van der Waals surface area (Å²) >= 11 is 3.91. The van der Waals surface area contributed by atoms with E-state index in [1.165, 1.54) is 28.1 Å². The third-order valence-electron chi connectivity index (χ3n) is 8.28. The first-order valence-corrected chi connectivity index (χ1v) is 13.7. The molecule has 0 saturated heterocycles. The lowest BCUT2D eigenvalue weighted by Gasteiger charge is -2.41. The molecule has 4 heteroatoms. The molecule has 0 spiro atoms. The number of fused-ring (bicyclic) bond motifs is 4. The molecule has 0 aliphatic heterocycles. The van der Waals surface area contributed by atoms with Crippen LogP contribution >= 0.6 is 15.9 Å². The van der Waals surface area contributed by atoms with Gasteiger partial charge in [0.2, 0.25) is 0 Å². The van der Waals surface area contributed by atoms with Gasteiger partial charge in [0.25, 0.3) is 0 Å². The number of aryl methyl sites for hydroxylation is 1. The summed E-state index contributed by atoms with van der Waals surface area (Å²) in [5, 5.41) is 15.2. The fourth-order valence-electron chi connectivity index (χ4n) is 6.44. The summed E-state index contributed by atoms with van der Waals surface area (Å²) in [4.78, 5) is 12.9. The van der Waals surface area contributed by atoms with Crippen molar-refractivity contribution in [1.82, 2.24) is 0 Å². The van der Waals surface area contributed by atoms with Crippen molar-refractivity contribution < 1.29 is 14.6 Å². The van der Waals surface area contributed by atoms with Crippen molar-refractivity contribution in [2.75, 3.05) is 0 Å². The molecule has 5 rings (SSSR count). The Morgan fingerprint density at radius 1 is 1.03 bits per heavy atom. The van der Waals surface area contributed by atoms with Crippen LogP contribution in [0, 0.1) is 17.8 Å². The van der Waals surface area contributed by atoms with E-state index in [0.29, 0.717) is 17.8 Å². The molecule has 6 atom stereocenters. The summed E-state index contributed by atoms with van der Waals surface area (Å²) in [6, 6.07) is 17.3. The van der Waals surface area contributed by atoms with Crippen LogP contribution in [0.15, 0.2) is 48.5 Å². The second-order valence-electron chi connectivity index (χ2n) is 10.9. The second kappa shape index (κ2) is 9.62. The zero-order chi connectivity index (χ0) is 24.0. The largest absolute Gasteiger partial charge is 0.479 e. The number of aliphatic carboxylic acids is 1. The highest BCUT2D eigenvalue weighted by atomic mass is 79.9. The van der Waals surface area contributed by atoms with Gasteiger partial charge in [-0.05, 0) is 88.2 Å². The van der Waals surface area contributed by atoms with Gasteiger partial charge in [0, 0.05) is 10.7 Å². The molecular weight excluding hydrogens is 488 g/mol. The Labute approximate surface area is 211 Å². The molecule has 2 aliphatic rings. The van der Waals surface area contributed by atoms with Crippen LogP contribution in [0.5, 0.6) is 0 Å². The van der Waals surface area contributed by atoms with Crippen molar-refractivity contribution in [3.63, 3.8) is 0 Å². The van der Waals surface area contributed by atoms with Gasteiger partial charge in [-0.15, -0.1) is 0 Å². The van der Waals surface area contributed by atoms with Crippen molar-refractivity contribution in [3.05, 3.63) is 59.7 Å². The van der Waals surface area contributed by atoms with E-state index in [-0.39, 0.29) is 16.8 Å². The maximum Gasteiger partial charge on any atom is 0.333 e. The molecule has 3 unspecified atom stereocenters. The Morgan fingerprint density at radius 3 is 2.47 bits per heavy atom. The maximum absolute atomic E-state index is 12.8. The van der Waals surface area contributed by atoms with E-state index in [0.717, 1.165) is 36.6 Å². The number of carboxylic acid groups (broad SMARTS) is 1. The van der Waals surface area contributed by atoms with E-state index in [2.05, 4.69) is 85.2 Å². The minimum atomic E-state index is -0.864. The summed E-state index contributed by atoms with van der Waals surface area (Å²) in [6.45, 7) is 6.76. The zero-order valence-electron chi connectivity index (χ0n) is 20.3. The highest BCUT2D eigenvalue weighted by Gasteiger charge is 2.43. The Bertz CT molecular complexity index is 1200. The molecule has 3 nitrogen and oxygen atoms in total. The number of halogens is 1. The van der Waals surface area contributed by atoms with Crippen molar-refractivity contribution in [1.29, 1.82) is 0 Å². The number of ether oxygens (including phenoxy) is 1. The monoisotopic (exact) mass is 522 g/mol. The Hall–Kier alpha value is -1.91. The first kappa shape index (κ1) is 23.8. The third-order valence-corrected chi connectivity index (χ3v) is 9.31. The summed E-state index contributed by atoms with van der Waals surface area (Å²) in [5.41, 5.74) is 2.42. The Morgan fingerprint density at radius 2 is 1.76 bits per heavy atom. The lowest BCUT2D eigenvalue weighted by atomic mass is 9.74. The summed E-state index contributed by atoms with van der Waals surface area (Å²) < 4.78 is 6.67. The molecule has 0 heterocycles. The number of rotatable bonds is 5. The average Bonchev–Trinajstić information content (AvgIpc) is 2.81. The maximum atomic E-state index is 12.8. The number of carboxylic acids is 1. The van der Waals surface area contributed by atoms with E-state index in [1.54, 1.807) is 0 Å². The smallest absolute Gasteiger partial charge is 0.333 e. The van der Waals surface area contributed by atoms with Crippen LogP contribution in [0.25, 0.3) is 21.5 Å². The third kappa shape index (κ3) is 4.40. The van der Waals surface area contributed by atoms with Crippen LogP contribution in [0.2, 0.25) is 0 Å². The van der Waals surface area contributed by atoms with E-state index in [1.807, 2.05) is 0 Å². The van der Waals surface area contributed by atoms with Crippen LogP contribution in [-0.2, 0) is 16.0 Å². The predicted octanol–water partition coefficient (Wildman–Crippen LogP) is 7.72. The number of hydrogen-bond donors (Lipinski definition) is 1. The van der Waals surface area contributed by atoms with Crippen molar-refractivity contribution in [3.8, 4) is 0 Å². The van der Waals surface area contributed by atoms with Crippen molar-refractivity contribution in [2.45, 2.75) is 75.8 Å². The van der Waals surface area contributed by atoms with E-state index in [9.17, 15) is 9.90 Å². The normalized spacial score (nSPS) is 28.2. The van der Waals surface area contributed by atoms with Crippen LogP contribution in [0.4, 0.5) is 0 Å². The fraction of sp³-hybridized carbons (Fsp3) is 0.500. The number of carbonyl (C=O) groups is 1. The Kier molecular flexibility index (Phi) is 6.74. The van der Waals surface area contributed by atoms with Gasteiger partial charge in [-0.3, -0.25) is 0 Å². The molecule has 0 radical (unpaired) electrons. The molecule has 2 aliphatic carbocycles. The first-order valence-electron chi connectivity index (χ1n) is 12.8. The van der Waals surface area contributed by atoms with Gasteiger partial charge in [0.15, 0.2) is 6.10 Å². The van der Waals surface area contributed by atoms with Crippen molar-refractivity contribution in [2.24, 2.45) is 17.8 Å². The molecule has 1 N–H and O–H groups in total. The summed E-state index contributed by atoms with van der Waals surface area (Å²) in [5.74, 6) is 0.390. The van der Waals surface area contributed by atoms with E-state index in [4.69, 9.17) is 4.74 Å². The molecule has 3 aromatic carbocycles.